The normalized spacial score (nSPS) is 45.4. The highest BCUT2D eigenvalue weighted by atomic mass is 16.3. The first kappa shape index (κ1) is 23.5. The maximum Gasteiger partial charge on any atom is 0.159 e. The summed E-state index contributed by atoms with van der Waals surface area (Å²) in [4.78, 5) is 13.4. The molecule has 1 unspecified atom stereocenters. The summed E-state index contributed by atoms with van der Waals surface area (Å²) in [5, 5.41) is 21.3. The van der Waals surface area contributed by atoms with Crippen molar-refractivity contribution in [3.8, 4) is 0 Å². The molecule has 0 heterocycles. The van der Waals surface area contributed by atoms with E-state index >= 15 is 0 Å². The van der Waals surface area contributed by atoms with Crippen molar-refractivity contribution in [1.29, 1.82) is 0 Å². The fraction of sp³-hybridized carbons (Fsp3) is 0.893. The van der Waals surface area contributed by atoms with Crippen LogP contribution in [-0.4, -0.2) is 28.2 Å². The average Bonchev–Trinajstić information content (AvgIpc) is 3.05. The molecule has 0 spiro atoms. The Bertz CT molecular complexity index is 726. The van der Waals surface area contributed by atoms with Gasteiger partial charge in [-0.3, -0.25) is 4.79 Å². The van der Waals surface area contributed by atoms with Crippen LogP contribution in [0.2, 0.25) is 0 Å². The van der Waals surface area contributed by atoms with Crippen molar-refractivity contribution < 1.29 is 15.0 Å². The summed E-state index contributed by atoms with van der Waals surface area (Å²) in [7, 11) is 0. The second-order valence-corrected chi connectivity index (χ2v) is 12.7. The average molecular weight is 431 g/mol. The first-order chi connectivity index (χ1) is 14.5. The highest BCUT2D eigenvalue weighted by molar-refractivity contribution is 5.94. The summed E-state index contributed by atoms with van der Waals surface area (Å²) in [6, 6.07) is 0. The Morgan fingerprint density at radius 2 is 1.74 bits per heavy atom. The molecule has 3 saturated carbocycles. The van der Waals surface area contributed by atoms with Crippen LogP contribution in [0.15, 0.2) is 11.6 Å². The maximum atomic E-state index is 13.4. The van der Waals surface area contributed by atoms with Crippen LogP contribution in [0.25, 0.3) is 0 Å². The van der Waals surface area contributed by atoms with Gasteiger partial charge in [0.1, 0.15) is 0 Å². The van der Waals surface area contributed by atoms with Crippen molar-refractivity contribution in [2.75, 3.05) is 0 Å². The van der Waals surface area contributed by atoms with Crippen LogP contribution < -0.4 is 0 Å². The Balaban J connectivity index is 1.56. The van der Waals surface area contributed by atoms with Crippen molar-refractivity contribution >= 4 is 5.78 Å². The second-order valence-electron chi connectivity index (χ2n) is 12.7. The number of carbonyl (C=O) groups is 1. The van der Waals surface area contributed by atoms with Crippen molar-refractivity contribution in [1.82, 2.24) is 0 Å². The smallest absolute Gasteiger partial charge is 0.159 e. The molecular formula is C28H46O3. The molecule has 0 radical (unpaired) electrons. The van der Waals surface area contributed by atoms with E-state index in [0.717, 1.165) is 38.5 Å². The predicted molar refractivity (Wildman–Crippen MR) is 125 cm³/mol. The van der Waals surface area contributed by atoms with Crippen LogP contribution in [0.5, 0.6) is 0 Å². The zero-order chi connectivity index (χ0) is 22.7. The van der Waals surface area contributed by atoms with Crippen molar-refractivity contribution in [3.05, 3.63) is 11.6 Å². The number of hydrogen-bond acceptors (Lipinski definition) is 3. The largest absolute Gasteiger partial charge is 0.393 e. The molecule has 3 fully saturated rings. The molecule has 2 N–H and O–H groups in total. The molecule has 4 aliphatic carbocycles. The van der Waals surface area contributed by atoms with Crippen molar-refractivity contribution in [2.24, 2.45) is 52.3 Å². The third kappa shape index (κ3) is 3.76. The van der Waals surface area contributed by atoms with Gasteiger partial charge in [0, 0.05) is 5.92 Å². The fourth-order valence-corrected chi connectivity index (χ4v) is 8.42. The summed E-state index contributed by atoms with van der Waals surface area (Å²) in [6.45, 7) is 13.9. The summed E-state index contributed by atoms with van der Waals surface area (Å²) in [6.07, 6.45) is 9.46. The highest BCUT2D eigenvalue weighted by Gasteiger charge is 2.61. The second kappa shape index (κ2) is 8.28. The van der Waals surface area contributed by atoms with Crippen LogP contribution in [0.4, 0.5) is 0 Å². The van der Waals surface area contributed by atoms with Crippen LogP contribution in [0, 0.1) is 52.3 Å². The number of fused-ring (bicyclic) bond motifs is 5. The molecule has 0 aromatic carbocycles. The fourth-order valence-electron chi connectivity index (χ4n) is 8.42. The summed E-state index contributed by atoms with van der Waals surface area (Å²) in [5.41, 5.74) is 1.48. The first-order valence-electron chi connectivity index (χ1n) is 13.1. The monoisotopic (exact) mass is 430 g/mol. The van der Waals surface area contributed by atoms with Crippen molar-refractivity contribution in [3.63, 3.8) is 0 Å². The van der Waals surface area contributed by atoms with Gasteiger partial charge in [-0.15, -0.1) is 0 Å². The maximum absolute atomic E-state index is 13.4. The van der Waals surface area contributed by atoms with Crippen LogP contribution in [-0.2, 0) is 4.79 Å². The van der Waals surface area contributed by atoms with Gasteiger partial charge in [-0.2, -0.15) is 0 Å². The van der Waals surface area contributed by atoms with Gasteiger partial charge in [-0.05, 0) is 104 Å². The van der Waals surface area contributed by atoms with Gasteiger partial charge >= 0.3 is 0 Å². The van der Waals surface area contributed by atoms with Gasteiger partial charge in [0.05, 0.1) is 12.2 Å². The Kier molecular flexibility index (Phi) is 6.27. The van der Waals surface area contributed by atoms with E-state index in [1.165, 1.54) is 12.0 Å². The zero-order valence-corrected chi connectivity index (χ0v) is 20.7. The molecule has 4 rings (SSSR count). The van der Waals surface area contributed by atoms with E-state index in [2.05, 4.69) is 41.5 Å². The number of ketones is 1. The lowest BCUT2D eigenvalue weighted by atomic mass is 9.46. The molecule has 176 valence electrons. The van der Waals surface area contributed by atoms with E-state index in [0.29, 0.717) is 41.8 Å². The van der Waals surface area contributed by atoms with Crippen LogP contribution in [0.1, 0.15) is 92.9 Å². The molecule has 0 saturated heterocycles. The zero-order valence-electron chi connectivity index (χ0n) is 20.7. The molecule has 0 aliphatic heterocycles. The van der Waals surface area contributed by atoms with Gasteiger partial charge in [0.2, 0.25) is 0 Å². The molecule has 3 nitrogen and oxygen atoms in total. The third-order valence-corrected chi connectivity index (χ3v) is 11.0. The summed E-state index contributed by atoms with van der Waals surface area (Å²) < 4.78 is 0. The number of carbonyl (C=O) groups excluding carboxylic acids is 1. The topological polar surface area (TPSA) is 57.5 Å². The lowest BCUT2D eigenvalue weighted by molar-refractivity contribution is -0.135. The Morgan fingerprint density at radius 1 is 1.03 bits per heavy atom. The number of allylic oxidation sites excluding steroid dienone is 1. The minimum atomic E-state index is -0.274. The van der Waals surface area contributed by atoms with Gasteiger partial charge in [-0.1, -0.05) is 47.1 Å². The summed E-state index contributed by atoms with van der Waals surface area (Å²) in [5.74, 6) is 3.29. The van der Waals surface area contributed by atoms with E-state index < -0.39 is 0 Å². The lowest BCUT2D eigenvalue weighted by Crippen LogP contribution is -2.54. The molecule has 3 heteroatoms. The molecule has 0 bridgehead atoms. The standard InChI is InChI=1S/C28H46O3/c1-16(2)17(3)13-24(30)18(4)21-7-8-22-26-23(10-12-28(21,22)6)27(5)11-9-20(29)14-19(27)15-25(26)31/h15-18,20-24,26,29-30H,7-14H2,1-6H3/t17-,18-,20-,21?,22-,23-,24+,26-,27-,28+/m0/s1. The van der Waals surface area contributed by atoms with E-state index in [9.17, 15) is 15.0 Å². The van der Waals surface area contributed by atoms with Gasteiger partial charge in [-0.25, -0.2) is 0 Å². The Morgan fingerprint density at radius 3 is 2.42 bits per heavy atom. The van der Waals surface area contributed by atoms with Crippen LogP contribution >= 0.6 is 0 Å². The lowest BCUT2D eigenvalue weighted by Gasteiger charge is -2.57. The van der Waals surface area contributed by atoms with Crippen LogP contribution in [0.3, 0.4) is 0 Å². The molecule has 0 aromatic rings. The number of hydrogen-bond donors (Lipinski definition) is 2. The minimum Gasteiger partial charge on any atom is -0.393 e. The van der Waals surface area contributed by atoms with Gasteiger partial charge in [0.15, 0.2) is 5.78 Å². The molecular weight excluding hydrogens is 384 g/mol. The first-order valence-corrected chi connectivity index (χ1v) is 13.1. The SMILES string of the molecule is CC(C)[C@@H](C)C[C@@H](O)[C@@H](C)C1CC[C@H]2[C@@H]3C(=O)C=C4C[C@@H](O)CC[C@]4(C)[C@H]3CC[C@]12C. The molecule has 0 amide bonds. The molecule has 4 aliphatic rings. The Labute approximate surface area is 190 Å². The predicted octanol–water partition coefficient (Wildman–Crippen LogP) is 5.78. The Hall–Kier alpha value is -0.670. The third-order valence-electron chi connectivity index (χ3n) is 11.0. The van der Waals surface area contributed by atoms with E-state index in [4.69, 9.17) is 0 Å². The van der Waals surface area contributed by atoms with E-state index in [1.54, 1.807) is 0 Å². The minimum absolute atomic E-state index is 0.0923. The molecule has 10 atom stereocenters. The number of aliphatic hydroxyl groups excluding tert-OH is 2. The van der Waals surface area contributed by atoms with Gasteiger partial charge < -0.3 is 10.2 Å². The number of aliphatic hydroxyl groups is 2. The highest BCUT2D eigenvalue weighted by Crippen LogP contribution is 2.66. The summed E-state index contributed by atoms with van der Waals surface area (Å²) >= 11 is 0. The van der Waals surface area contributed by atoms with Gasteiger partial charge in [0.25, 0.3) is 0 Å². The number of rotatable bonds is 5. The van der Waals surface area contributed by atoms with E-state index in [1.807, 2.05) is 6.08 Å². The van der Waals surface area contributed by atoms with Crippen molar-refractivity contribution in [2.45, 2.75) is 105 Å². The quantitative estimate of drug-likeness (QED) is 0.581. The van der Waals surface area contributed by atoms with E-state index in [-0.39, 0.29) is 34.9 Å². The molecule has 0 aromatic heterocycles. The molecule has 31 heavy (non-hydrogen) atoms.